The maximum atomic E-state index is 12.4. The van der Waals surface area contributed by atoms with Gasteiger partial charge in [0.05, 0.1) is 11.6 Å². The topological polar surface area (TPSA) is 67.9 Å². The van der Waals surface area contributed by atoms with Gasteiger partial charge in [-0.05, 0) is 44.9 Å². The van der Waals surface area contributed by atoms with Crippen LogP contribution in [0.5, 0.6) is 0 Å². The number of carbonyl (C=O) groups excluding carboxylic acids is 2. The number of carbonyl (C=O) groups is 2. The van der Waals surface area contributed by atoms with Gasteiger partial charge in [0.25, 0.3) is 0 Å². The molecular formula is C24H30N2O4. The van der Waals surface area contributed by atoms with Gasteiger partial charge in [-0.1, -0.05) is 48.5 Å². The molecule has 1 fully saturated rings. The molecule has 3 rings (SSSR count). The Balaban J connectivity index is 1.59. The molecule has 2 aromatic rings. The zero-order chi connectivity index (χ0) is 21.6. The molecule has 1 saturated heterocycles. The van der Waals surface area contributed by atoms with Gasteiger partial charge in [0.2, 0.25) is 0 Å². The molecule has 1 heterocycles. The van der Waals surface area contributed by atoms with Gasteiger partial charge < -0.3 is 14.8 Å². The average molecular weight is 411 g/mol. The first-order valence-corrected chi connectivity index (χ1v) is 10.3. The number of hydrogen-bond donors (Lipinski definition) is 1. The summed E-state index contributed by atoms with van der Waals surface area (Å²) in [5.41, 5.74) is 1.01. The number of alkyl carbamates (subject to hydrolysis) is 1. The highest BCUT2D eigenvalue weighted by Gasteiger charge is 2.29. The highest BCUT2D eigenvalue weighted by atomic mass is 16.6. The average Bonchev–Trinajstić information content (AvgIpc) is 3.14. The number of ether oxygens (including phenoxy) is 2. The van der Waals surface area contributed by atoms with Crippen LogP contribution in [0, 0.1) is 0 Å². The van der Waals surface area contributed by atoms with Gasteiger partial charge in [-0.15, -0.1) is 0 Å². The molecule has 0 saturated carbocycles. The second kappa shape index (κ2) is 9.76. The molecule has 1 amide bonds. The maximum absolute atomic E-state index is 12.4. The van der Waals surface area contributed by atoms with E-state index in [0.29, 0.717) is 18.7 Å². The lowest BCUT2D eigenvalue weighted by molar-refractivity contribution is 0.0319. The van der Waals surface area contributed by atoms with Crippen molar-refractivity contribution in [3.05, 3.63) is 71.8 Å². The van der Waals surface area contributed by atoms with Gasteiger partial charge in [-0.25, -0.2) is 9.59 Å². The minimum absolute atomic E-state index is 0.157. The highest BCUT2D eigenvalue weighted by Crippen LogP contribution is 2.21. The summed E-state index contributed by atoms with van der Waals surface area (Å²) in [6, 6.07) is 18.6. The van der Waals surface area contributed by atoms with Crippen LogP contribution in [0.3, 0.4) is 0 Å². The summed E-state index contributed by atoms with van der Waals surface area (Å²) in [6.07, 6.45) is 0.172. The number of nitrogens with one attached hydrogen (secondary N) is 1. The van der Waals surface area contributed by atoms with Crippen LogP contribution in [0.2, 0.25) is 0 Å². The van der Waals surface area contributed by atoms with Crippen molar-refractivity contribution in [2.75, 3.05) is 19.6 Å². The van der Waals surface area contributed by atoms with E-state index in [1.165, 1.54) is 0 Å². The molecule has 0 aliphatic carbocycles. The molecule has 6 heteroatoms. The Morgan fingerprint density at radius 3 is 2.33 bits per heavy atom. The van der Waals surface area contributed by atoms with Crippen molar-refractivity contribution >= 4 is 12.1 Å². The fourth-order valence-corrected chi connectivity index (χ4v) is 3.48. The zero-order valence-electron chi connectivity index (χ0n) is 17.8. The summed E-state index contributed by atoms with van der Waals surface area (Å²) >= 11 is 0. The number of rotatable bonds is 6. The Morgan fingerprint density at radius 1 is 1.07 bits per heavy atom. The van der Waals surface area contributed by atoms with E-state index in [1.54, 1.807) is 12.1 Å². The number of likely N-dealkylation sites (tertiary alicyclic amines) is 1. The lowest BCUT2D eigenvalue weighted by atomic mass is 10.1. The Bertz CT molecular complexity index is 833. The fraction of sp³-hybridized carbons (Fsp3) is 0.417. The van der Waals surface area contributed by atoms with Crippen molar-refractivity contribution in [3.8, 4) is 0 Å². The molecule has 2 atom stereocenters. The van der Waals surface area contributed by atoms with E-state index in [0.717, 1.165) is 18.5 Å². The molecule has 0 unspecified atom stereocenters. The normalized spacial score (nSPS) is 17.9. The van der Waals surface area contributed by atoms with Gasteiger partial charge in [-0.2, -0.15) is 0 Å². The molecular weight excluding hydrogens is 380 g/mol. The monoisotopic (exact) mass is 410 g/mol. The maximum Gasteiger partial charge on any atom is 0.408 e. The molecule has 160 valence electrons. The van der Waals surface area contributed by atoms with E-state index < -0.39 is 11.7 Å². The van der Waals surface area contributed by atoms with Crippen LogP contribution in [0.1, 0.15) is 49.2 Å². The van der Waals surface area contributed by atoms with Crippen molar-refractivity contribution in [3.63, 3.8) is 0 Å². The Morgan fingerprint density at radius 2 is 1.70 bits per heavy atom. The van der Waals surface area contributed by atoms with Gasteiger partial charge in [0.1, 0.15) is 11.7 Å². The Hall–Kier alpha value is -2.86. The largest absolute Gasteiger partial charge is 0.457 e. The first-order valence-electron chi connectivity index (χ1n) is 10.3. The third kappa shape index (κ3) is 6.59. The van der Waals surface area contributed by atoms with E-state index in [1.807, 2.05) is 69.3 Å². The molecule has 2 aromatic carbocycles. The Labute approximate surface area is 178 Å². The highest BCUT2D eigenvalue weighted by molar-refractivity contribution is 5.89. The van der Waals surface area contributed by atoms with Gasteiger partial charge in [-0.3, -0.25) is 4.90 Å². The summed E-state index contributed by atoms with van der Waals surface area (Å²) in [5, 5.41) is 2.99. The van der Waals surface area contributed by atoms with Gasteiger partial charge in [0.15, 0.2) is 0 Å². The van der Waals surface area contributed by atoms with Crippen LogP contribution < -0.4 is 5.32 Å². The SMILES string of the molecule is CC(C)(C)OC(=O)N[C@H](CN1CC[C@H](OC(=O)c2ccccc2)C1)c1ccccc1. The second-order valence-electron chi connectivity index (χ2n) is 8.55. The summed E-state index contributed by atoms with van der Waals surface area (Å²) < 4.78 is 11.1. The molecule has 30 heavy (non-hydrogen) atoms. The standard InChI is InChI=1S/C24H30N2O4/c1-24(2,3)30-23(28)25-21(18-10-6-4-7-11-18)17-26-15-14-20(16-26)29-22(27)19-12-8-5-9-13-19/h4-13,20-21H,14-17H2,1-3H3,(H,25,28)/t20-,21+/m0/s1. The summed E-state index contributed by atoms with van der Waals surface area (Å²) in [5.74, 6) is -0.297. The van der Waals surface area contributed by atoms with Crippen LogP contribution in [0.25, 0.3) is 0 Å². The molecule has 1 aliphatic heterocycles. The van der Waals surface area contributed by atoms with Crippen molar-refractivity contribution in [1.29, 1.82) is 0 Å². The van der Waals surface area contributed by atoms with E-state index in [9.17, 15) is 9.59 Å². The van der Waals surface area contributed by atoms with Crippen molar-refractivity contribution < 1.29 is 19.1 Å². The lowest BCUT2D eigenvalue weighted by Crippen LogP contribution is -2.40. The van der Waals surface area contributed by atoms with Crippen LogP contribution in [0.4, 0.5) is 4.79 Å². The third-order valence-corrected chi connectivity index (χ3v) is 4.85. The van der Waals surface area contributed by atoms with Crippen molar-refractivity contribution in [1.82, 2.24) is 10.2 Å². The lowest BCUT2D eigenvalue weighted by Gasteiger charge is -2.27. The minimum atomic E-state index is -0.560. The van der Waals surface area contributed by atoms with E-state index in [-0.39, 0.29) is 18.1 Å². The summed E-state index contributed by atoms with van der Waals surface area (Å²) in [7, 11) is 0. The van der Waals surface area contributed by atoms with Gasteiger partial charge >= 0.3 is 12.1 Å². The van der Waals surface area contributed by atoms with Crippen LogP contribution in [-0.4, -0.2) is 48.3 Å². The summed E-state index contributed by atoms with van der Waals surface area (Å²) in [6.45, 7) is 7.58. The predicted octanol–water partition coefficient (Wildman–Crippen LogP) is 4.18. The molecule has 6 nitrogen and oxygen atoms in total. The van der Waals surface area contributed by atoms with Gasteiger partial charge in [0, 0.05) is 19.6 Å². The second-order valence-corrected chi connectivity index (χ2v) is 8.55. The zero-order valence-corrected chi connectivity index (χ0v) is 17.8. The Kier molecular flexibility index (Phi) is 7.11. The van der Waals surface area contributed by atoms with E-state index in [2.05, 4.69) is 10.2 Å². The third-order valence-electron chi connectivity index (χ3n) is 4.85. The summed E-state index contributed by atoms with van der Waals surface area (Å²) in [4.78, 5) is 26.9. The fourth-order valence-electron chi connectivity index (χ4n) is 3.48. The quantitative estimate of drug-likeness (QED) is 0.724. The van der Waals surface area contributed by atoms with E-state index >= 15 is 0 Å². The minimum Gasteiger partial charge on any atom is -0.457 e. The number of benzene rings is 2. The molecule has 0 bridgehead atoms. The predicted molar refractivity (Wildman–Crippen MR) is 115 cm³/mol. The van der Waals surface area contributed by atoms with E-state index in [4.69, 9.17) is 9.47 Å². The molecule has 0 spiro atoms. The molecule has 0 radical (unpaired) electrons. The first kappa shape index (κ1) is 21.8. The van der Waals surface area contributed by atoms with Crippen LogP contribution >= 0.6 is 0 Å². The smallest absolute Gasteiger partial charge is 0.408 e. The molecule has 0 aromatic heterocycles. The number of amides is 1. The number of hydrogen-bond acceptors (Lipinski definition) is 5. The molecule has 1 aliphatic rings. The first-order chi connectivity index (χ1) is 14.3. The number of nitrogens with zero attached hydrogens (tertiary/aromatic N) is 1. The van der Waals surface area contributed by atoms with Crippen molar-refractivity contribution in [2.24, 2.45) is 0 Å². The van der Waals surface area contributed by atoms with Crippen molar-refractivity contribution in [2.45, 2.75) is 44.9 Å². The van der Waals surface area contributed by atoms with Crippen LogP contribution in [0.15, 0.2) is 60.7 Å². The number of esters is 1. The molecule has 1 N–H and O–H groups in total. The van der Waals surface area contributed by atoms with Crippen LogP contribution in [-0.2, 0) is 9.47 Å².